The molecule has 2 rings (SSSR count). The Balaban J connectivity index is 2.24. The quantitative estimate of drug-likeness (QED) is 0.529. The summed E-state index contributed by atoms with van der Waals surface area (Å²) in [5, 5.41) is 0. The Hall–Kier alpha value is -0.760. The van der Waals surface area contributed by atoms with Crippen LogP contribution in [0.15, 0.2) is 46.9 Å². The molecular formula is C13H7BrF3IO. The van der Waals surface area contributed by atoms with Gasteiger partial charge in [0.15, 0.2) is 0 Å². The standard InChI is InChI=1S/C13H7BrF3IO/c14-11-7-8(13(15,16)17)1-6-12(11)19-10-4-2-9(18)3-5-10/h1-7H. The summed E-state index contributed by atoms with van der Waals surface area (Å²) in [6, 6.07) is 10.5. The molecule has 0 atom stereocenters. The first-order chi connectivity index (χ1) is 8.86. The molecule has 0 fully saturated rings. The van der Waals surface area contributed by atoms with E-state index in [1.807, 2.05) is 12.1 Å². The summed E-state index contributed by atoms with van der Waals surface area (Å²) in [5.74, 6) is 0.912. The molecule has 2 aromatic carbocycles. The van der Waals surface area contributed by atoms with Gasteiger partial charge in [0.05, 0.1) is 10.0 Å². The van der Waals surface area contributed by atoms with Crippen LogP contribution in [0.3, 0.4) is 0 Å². The first-order valence-electron chi connectivity index (χ1n) is 5.16. The van der Waals surface area contributed by atoms with Crippen molar-refractivity contribution < 1.29 is 17.9 Å². The zero-order chi connectivity index (χ0) is 14.0. The van der Waals surface area contributed by atoms with Gasteiger partial charge in [0.2, 0.25) is 0 Å². The molecule has 0 saturated heterocycles. The molecule has 0 saturated carbocycles. The smallest absolute Gasteiger partial charge is 0.416 e. The van der Waals surface area contributed by atoms with Crippen LogP contribution in [0.1, 0.15) is 5.56 Å². The predicted octanol–water partition coefficient (Wildman–Crippen LogP) is 5.86. The second kappa shape index (κ2) is 5.70. The molecule has 2 aromatic rings. The average molecular weight is 443 g/mol. The monoisotopic (exact) mass is 442 g/mol. The van der Waals surface area contributed by atoms with Gasteiger partial charge in [0, 0.05) is 3.57 Å². The highest BCUT2D eigenvalue weighted by atomic mass is 127. The van der Waals surface area contributed by atoms with E-state index in [4.69, 9.17) is 4.74 Å². The minimum absolute atomic E-state index is 0.265. The fourth-order valence-corrected chi connectivity index (χ4v) is 2.21. The second-order valence-electron chi connectivity index (χ2n) is 3.70. The van der Waals surface area contributed by atoms with Gasteiger partial charge < -0.3 is 4.74 Å². The minimum atomic E-state index is -4.36. The van der Waals surface area contributed by atoms with Gasteiger partial charge in [-0.25, -0.2) is 0 Å². The maximum absolute atomic E-state index is 12.5. The maximum atomic E-state index is 12.5. The summed E-state index contributed by atoms with van der Waals surface area (Å²) in [5.41, 5.74) is -0.714. The van der Waals surface area contributed by atoms with Crippen molar-refractivity contribution in [3.05, 3.63) is 56.1 Å². The SMILES string of the molecule is FC(F)(F)c1ccc(Oc2ccc(I)cc2)c(Br)c1. The van der Waals surface area contributed by atoms with Crippen molar-refractivity contribution in [2.75, 3.05) is 0 Å². The molecule has 0 aliphatic heterocycles. The fourth-order valence-electron chi connectivity index (χ4n) is 1.39. The molecule has 6 heteroatoms. The van der Waals surface area contributed by atoms with Crippen molar-refractivity contribution in [3.63, 3.8) is 0 Å². The van der Waals surface area contributed by atoms with Crippen molar-refractivity contribution in [1.29, 1.82) is 0 Å². The molecule has 0 amide bonds. The van der Waals surface area contributed by atoms with Crippen LogP contribution >= 0.6 is 38.5 Å². The zero-order valence-electron chi connectivity index (χ0n) is 9.34. The maximum Gasteiger partial charge on any atom is 0.416 e. The van der Waals surface area contributed by atoms with Gasteiger partial charge >= 0.3 is 6.18 Å². The molecule has 0 aliphatic rings. The van der Waals surface area contributed by atoms with Crippen LogP contribution in [-0.2, 0) is 6.18 Å². The third-order valence-corrected chi connectivity index (χ3v) is 3.64. The van der Waals surface area contributed by atoms with Crippen LogP contribution in [0.2, 0.25) is 0 Å². The van der Waals surface area contributed by atoms with Crippen molar-refractivity contribution in [1.82, 2.24) is 0 Å². The highest BCUT2D eigenvalue weighted by Crippen LogP contribution is 2.36. The lowest BCUT2D eigenvalue weighted by molar-refractivity contribution is -0.137. The Morgan fingerprint density at radius 1 is 1.00 bits per heavy atom. The van der Waals surface area contributed by atoms with E-state index in [9.17, 15) is 13.2 Å². The third-order valence-electron chi connectivity index (χ3n) is 2.30. The molecule has 1 nitrogen and oxygen atoms in total. The molecule has 0 spiro atoms. The first kappa shape index (κ1) is 14.6. The highest BCUT2D eigenvalue weighted by molar-refractivity contribution is 14.1. The minimum Gasteiger partial charge on any atom is -0.456 e. The lowest BCUT2D eigenvalue weighted by Crippen LogP contribution is -2.04. The molecule has 0 aliphatic carbocycles. The van der Waals surface area contributed by atoms with E-state index >= 15 is 0 Å². The topological polar surface area (TPSA) is 9.23 Å². The van der Waals surface area contributed by atoms with Gasteiger partial charge in [-0.15, -0.1) is 0 Å². The van der Waals surface area contributed by atoms with Crippen molar-refractivity contribution in [2.45, 2.75) is 6.18 Å². The molecule has 0 unspecified atom stereocenters. The number of rotatable bonds is 2. The second-order valence-corrected chi connectivity index (χ2v) is 5.80. The van der Waals surface area contributed by atoms with Crippen LogP contribution in [0.4, 0.5) is 13.2 Å². The molecule has 0 bridgehead atoms. The Morgan fingerprint density at radius 2 is 1.63 bits per heavy atom. The van der Waals surface area contributed by atoms with Gasteiger partial charge in [0.1, 0.15) is 11.5 Å². The van der Waals surface area contributed by atoms with Crippen LogP contribution in [-0.4, -0.2) is 0 Å². The Labute approximate surface area is 130 Å². The number of hydrogen-bond donors (Lipinski definition) is 0. The number of benzene rings is 2. The van der Waals surface area contributed by atoms with Crippen LogP contribution < -0.4 is 4.74 Å². The largest absolute Gasteiger partial charge is 0.456 e. The number of alkyl halides is 3. The molecular weight excluding hydrogens is 436 g/mol. The van der Waals surface area contributed by atoms with Gasteiger partial charge in [-0.2, -0.15) is 13.2 Å². The Bertz CT molecular complexity index is 581. The van der Waals surface area contributed by atoms with E-state index < -0.39 is 11.7 Å². The van der Waals surface area contributed by atoms with Gasteiger partial charge in [-0.05, 0) is 81.0 Å². The normalized spacial score (nSPS) is 11.4. The Kier molecular flexibility index (Phi) is 4.39. The van der Waals surface area contributed by atoms with E-state index in [1.54, 1.807) is 12.1 Å². The average Bonchev–Trinajstić information content (AvgIpc) is 2.33. The third kappa shape index (κ3) is 3.85. The van der Waals surface area contributed by atoms with E-state index in [2.05, 4.69) is 38.5 Å². The zero-order valence-corrected chi connectivity index (χ0v) is 13.1. The van der Waals surface area contributed by atoms with Crippen LogP contribution in [0.5, 0.6) is 11.5 Å². The number of hydrogen-bond acceptors (Lipinski definition) is 1. The molecule has 0 N–H and O–H groups in total. The molecule has 19 heavy (non-hydrogen) atoms. The summed E-state index contributed by atoms with van der Waals surface area (Å²) in [6.45, 7) is 0. The van der Waals surface area contributed by atoms with Crippen molar-refractivity contribution in [3.8, 4) is 11.5 Å². The lowest BCUT2D eigenvalue weighted by Gasteiger charge is -2.11. The van der Waals surface area contributed by atoms with Crippen molar-refractivity contribution in [2.24, 2.45) is 0 Å². The molecule has 0 radical (unpaired) electrons. The number of halogens is 5. The van der Waals surface area contributed by atoms with E-state index in [0.717, 1.165) is 15.7 Å². The van der Waals surface area contributed by atoms with Gasteiger partial charge in [-0.3, -0.25) is 0 Å². The van der Waals surface area contributed by atoms with E-state index in [-0.39, 0.29) is 4.47 Å². The summed E-state index contributed by atoms with van der Waals surface area (Å²) < 4.78 is 44.4. The highest BCUT2D eigenvalue weighted by Gasteiger charge is 2.30. The van der Waals surface area contributed by atoms with E-state index in [0.29, 0.717) is 11.5 Å². The van der Waals surface area contributed by atoms with E-state index in [1.165, 1.54) is 6.07 Å². The van der Waals surface area contributed by atoms with Crippen LogP contribution in [0.25, 0.3) is 0 Å². The summed E-state index contributed by atoms with van der Waals surface area (Å²) >= 11 is 5.24. The van der Waals surface area contributed by atoms with Crippen LogP contribution in [0, 0.1) is 3.57 Å². The number of ether oxygens (including phenoxy) is 1. The van der Waals surface area contributed by atoms with Gasteiger partial charge in [0.25, 0.3) is 0 Å². The fraction of sp³-hybridized carbons (Fsp3) is 0.0769. The first-order valence-corrected chi connectivity index (χ1v) is 7.03. The van der Waals surface area contributed by atoms with Gasteiger partial charge in [-0.1, -0.05) is 0 Å². The predicted molar refractivity (Wildman–Crippen MR) is 78.4 cm³/mol. The Morgan fingerprint density at radius 3 is 2.16 bits per heavy atom. The molecule has 100 valence electrons. The van der Waals surface area contributed by atoms with Crippen molar-refractivity contribution >= 4 is 38.5 Å². The lowest BCUT2D eigenvalue weighted by atomic mass is 10.2. The summed E-state index contributed by atoms with van der Waals surface area (Å²) in [6.07, 6.45) is -4.36. The summed E-state index contributed by atoms with van der Waals surface area (Å²) in [4.78, 5) is 0. The molecule has 0 aromatic heterocycles. The molecule has 0 heterocycles. The summed E-state index contributed by atoms with van der Waals surface area (Å²) in [7, 11) is 0.